The van der Waals surface area contributed by atoms with Crippen LogP contribution in [-0.2, 0) is 4.74 Å². The molecule has 0 radical (unpaired) electrons. The first-order valence-corrected chi connectivity index (χ1v) is 7.22. The van der Waals surface area contributed by atoms with E-state index in [4.69, 9.17) is 4.74 Å². The molecule has 1 N–H and O–H groups in total. The van der Waals surface area contributed by atoms with E-state index in [1.807, 2.05) is 0 Å². The molecule has 0 unspecified atom stereocenters. The Kier molecular flexibility index (Phi) is 5.37. The van der Waals surface area contributed by atoms with Crippen LogP contribution in [0.4, 0.5) is 0 Å². The van der Waals surface area contributed by atoms with Crippen LogP contribution >= 0.6 is 0 Å². The van der Waals surface area contributed by atoms with Crippen molar-refractivity contribution in [3.05, 3.63) is 35.9 Å². The average molecular weight is 263 g/mol. The smallest absolute Gasteiger partial charge is 0.0933 e. The Morgan fingerprint density at radius 3 is 2.79 bits per heavy atom. The second-order valence-corrected chi connectivity index (χ2v) is 5.58. The molecule has 1 aliphatic heterocycles. The topological polar surface area (TPSA) is 32.7 Å². The van der Waals surface area contributed by atoms with Gasteiger partial charge >= 0.3 is 0 Å². The molecule has 3 nitrogen and oxygen atoms in total. The lowest BCUT2D eigenvalue weighted by atomic mass is 9.97. The van der Waals surface area contributed by atoms with Crippen molar-refractivity contribution in [2.75, 3.05) is 26.3 Å². The Hall–Kier alpha value is -0.900. The van der Waals surface area contributed by atoms with Gasteiger partial charge in [-0.05, 0) is 31.4 Å². The van der Waals surface area contributed by atoms with E-state index >= 15 is 0 Å². The minimum absolute atomic E-state index is 0.0109. The van der Waals surface area contributed by atoms with Crippen molar-refractivity contribution in [2.24, 2.45) is 0 Å². The van der Waals surface area contributed by atoms with Crippen molar-refractivity contribution in [1.29, 1.82) is 0 Å². The predicted octanol–water partition coefficient (Wildman–Crippen LogP) is 2.26. The summed E-state index contributed by atoms with van der Waals surface area (Å²) in [6.45, 7) is 7.24. The summed E-state index contributed by atoms with van der Waals surface area (Å²) in [4.78, 5) is 2.43. The number of aliphatic hydroxyl groups excluding tert-OH is 1. The van der Waals surface area contributed by atoms with Crippen LogP contribution in [-0.4, -0.2) is 48.5 Å². The highest BCUT2D eigenvalue weighted by molar-refractivity contribution is 5.18. The van der Waals surface area contributed by atoms with Gasteiger partial charge < -0.3 is 9.84 Å². The van der Waals surface area contributed by atoms with Crippen molar-refractivity contribution in [1.82, 2.24) is 4.90 Å². The number of morpholine rings is 1. The maximum Gasteiger partial charge on any atom is 0.0933 e. The van der Waals surface area contributed by atoms with Crippen molar-refractivity contribution < 1.29 is 9.84 Å². The van der Waals surface area contributed by atoms with Crippen LogP contribution < -0.4 is 0 Å². The van der Waals surface area contributed by atoms with E-state index in [-0.39, 0.29) is 12.7 Å². The molecule has 1 saturated heterocycles. The summed E-state index contributed by atoms with van der Waals surface area (Å²) < 4.78 is 5.57. The Morgan fingerprint density at radius 2 is 2.11 bits per heavy atom. The summed E-state index contributed by atoms with van der Waals surface area (Å²) in [5, 5.41) is 9.20. The average Bonchev–Trinajstić information content (AvgIpc) is 2.47. The maximum atomic E-state index is 9.20. The Morgan fingerprint density at radius 1 is 1.37 bits per heavy atom. The third-order valence-electron chi connectivity index (χ3n) is 4.06. The normalized spacial score (nSPS) is 26.3. The van der Waals surface area contributed by atoms with Crippen molar-refractivity contribution >= 4 is 0 Å². The summed E-state index contributed by atoms with van der Waals surface area (Å²) in [5.41, 5.74) is 1.40. The molecular formula is C16H25NO2. The van der Waals surface area contributed by atoms with E-state index in [1.165, 1.54) is 5.56 Å². The lowest BCUT2D eigenvalue weighted by molar-refractivity contribution is -0.0781. The molecule has 0 spiro atoms. The zero-order valence-electron chi connectivity index (χ0n) is 12.0. The van der Waals surface area contributed by atoms with Crippen molar-refractivity contribution in [2.45, 2.75) is 38.3 Å². The van der Waals surface area contributed by atoms with Gasteiger partial charge in [0, 0.05) is 12.6 Å². The van der Waals surface area contributed by atoms with E-state index in [0.717, 1.165) is 26.1 Å². The Bertz CT molecular complexity index is 368. The lowest BCUT2D eigenvalue weighted by Gasteiger charge is -2.37. The van der Waals surface area contributed by atoms with E-state index in [9.17, 15) is 5.11 Å². The molecule has 1 aliphatic rings. The second kappa shape index (κ2) is 7.04. The minimum Gasteiger partial charge on any atom is -0.394 e. The molecule has 0 saturated carbocycles. The summed E-state index contributed by atoms with van der Waals surface area (Å²) in [6.07, 6.45) is 1.13. The summed E-state index contributed by atoms with van der Waals surface area (Å²) in [5.74, 6) is 0.573. The van der Waals surface area contributed by atoms with Crippen LogP contribution in [0, 0.1) is 0 Å². The first kappa shape index (κ1) is 14.5. The molecule has 0 amide bonds. The van der Waals surface area contributed by atoms with Crippen LogP contribution in [0.5, 0.6) is 0 Å². The van der Waals surface area contributed by atoms with Crippen LogP contribution in [0.3, 0.4) is 0 Å². The third kappa shape index (κ3) is 4.03. The molecule has 106 valence electrons. The summed E-state index contributed by atoms with van der Waals surface area (Å²) in [7, 11) is 0. The number of ether oxygens (including phenoxy) is 1. The fraction of sp³-hybridized carbons (Fsp3) is 0.625. The Labute approximate surface area is 116 Å². The molecule has 1 fully saturated rings. The minimum atomic E-state index is -0.0109. The van der Waals surface area contributed by atoms with Gasteiger partial charge in [-0.1, -0.05) is 37.3 Å². The molecule has 0 aromatic heterocycles. The number of rotatable bonds is 5. The van der Waals surface area contributed by atoms with Gasteiger partial charge in [-0.25, -0.2) is 0 Å². The number of hydrogen-bond donors (Lipinski definition) is 1. The highest BCUT2D eigenvalue weighted by Gasteiger charge is 2.25. The molecule has 0 bridgehead atoms. The molecular weight excluding hydrogens is 238 g/mol. The first-order chi connectivity index (χ1) is 9.20. The molecule has 1 heterocycles. The molecule has 3 heteroatoms. The van der Waals surface area contributed by atoms with Gasteiger partial charge in [0.2, 0.25) is 0 Å². The van der Waals surface area contributed by atoms with Gasteiger partial charge in [0.1, 0.15) is 0 Å². The standard InChI is InChI=1S/C16H25NO2/c1-13(15-6-4-3-5-7-15)8-9-17-10-16(11-18)19-12-14(17)2/h3-7,13-14,16,18H,8-12H2,1-2H3/t13-,14-,16-/m1/s1. The molecule has 2 rings (SSSR count). The van der Waals surface area contributed by atoms with Gasteiger partial charge in [-0.15, -0.1) is 0 Å². The van der Waals surface area contributed by atoms with Gasteiger partial charge in [-0.3, -0.25) is 4.90 Å². The largest absolute Gasteiger partial charge is 0.394 e. The van der Waals surface area contributed by atoms with Gasteiger partial charge in [0.05, 0.1) is 19.3 Å². The van der Waals surface area contributed by atoms with Crippen LogP contribution in [0.2, 0.25) is 0 Å². The van der Waals surface area contributed by atoms with Gasteiger partial charge in [0.25, 0.3) is 0 Å². The molecule has 1 aromatic carbocycles. The first-order valence-electron chi connectivity index (χ1n) is 7.22. The SMILES string of the molecule is C[C@H](CCN1C[C@H](CO)OC[C@H]1C)c1ccccc1. The van der Waals surface area contributed by atoms with E-state index in [0.29, 0.717) is 12.0 Å². The quantitative estimate of drug-likeness (QED) is 0.884. The fourth-order valence-corrected chi connectivity index (χ4v) is 2.60. The summed E-state index contributed by atoms with van der Waals surface area (Å²) >= 11 is 0. The highest BCUT2D eigenvalue weighted by atomic mass is 16.5. The molecule has 19 heavy (non-hydrogen) atoms. The Balaban J connectivity index is 1.84. The third-order valence-corrected chi connectivity index (χ3v) is 4.06. The molecule has 3 atom stereocenters. The molecule has 0 aliphatic carbocycles. The van der Waals surface area contributed by atoms with Gasteiger partial charge in [0.15, 0.2) is 0 Å². The second-order valence-electron chi connectivity index (χ2n) is 5.58. The highest BCUT2D eigenvalue weighted by Crippen LogP contribution is 2.20. The predicted molar refractivity (Wildman–Crippen MR) is 77.3 cm³/mol. The molecule has 1 aromatic rings. The zero-order valence-corrected chi connectivity index (χ0v) is 12.0. The monoisotopic (exact) mass is 263 g/mol. The fourth-order valence-electron chi connectivity index (χ4n) is 2.60. The van der Waals surface area contributed by atoms with Crippen LogP contribution in [0.25, 0.3) is 0 Å². The van der Waals surface area contributed by atoms with Crippen molar-refractivity contribution in [3.8, 4) is 0 Å². The van der Waals surface area contributed by atoms with Crippen molar-refractivity contribution in [3.63, 3.8) is 0 Å². The van der Waals surface area contributed by atoms with E-state index in [2.05, 4.69) is 49.1 Å². The van der Waals surface area contributed by atoms with Crippen LogP contribution in [0.1, 0.15) is 31.7 Å². The maximum absolute atomic E-state index is 9.20. The van der Waals surface area contributed by atoms with E-state index < -0.39 is 0 Å². The summed E-state index contributed by atoms with van der Waals surface area (Å²) in [6, 6.07) is 11.1. The zero-order chi connectivity index (χ0) is 13.7. The van der Waals surface area contributed by atoms with Crippen LogP contribution in [0.15, 0.2) is 30.3 Å². The number of hydrogen-bond acceptors (Lipinski definition) is 3. The number of nitrogens with zero attached hydrogens (tertiary/aromatic N) is 1. The number of benzene rings is 1. The lowest BCUT2D eigenvalue weighted by Crippen LogP contribution is -2.49. The van der Waals surface area contributed by atoms with Gasteiger partial charge in [-0.2, -0.15) is 0 Å². The number of aliphatic hydroxyl groups is 1. The van der Waals surface area contributed by atoms with E-state index in [1.54, 1.807) is 0 Å².